The molecule has 0 amide bonds. The van der Waals surface area contributed by atoms with Crippen molar-refractivity contribution in [1.82, 2.24) is 10.3 Å². The molecule has 1 aromatic carbocycles. The molecule has 34 heavy (non-hydrogen) atoms. The largest absolute Gasteiger partial charge is 0.493 e. The lowest BCUT2D eigenvalue weighted by Gasteiger charge is -2.56. The Morgan fingerprint density at radius 3 is 2.50 bits per heavy atom. The van der Waals surface area contributed by atoms with Gasteiger partial charge in [-0.1, -0.05) is 0 Å². The zero-order valence-electron chi connectivity index (χ0n) is 19.9. The van der Waals surface area contributed by atoms with Crippen LogP contribution < -0.4 is 36.9 Å². The molecule has 0 saturated carbocycles. The van der Waals surface area contributed by atoms with E-state index >= 15 is 0 Å². The molecular formula is C25H33N7O2. The van der Waals surface area contributed by atoms with Gasteiger partial charge in [-0.05, 0) is 43.8 Å². The van der Waals surface area contributed by atoms with Crippen molar-refractivity contribution >= 4 is 17.2 Å². The molecule has 1 spiro atoms. The summed E-state index contributed by atoms with van der Waals surface area (Å²) in [5.74, 6) is 1.87. The number of nitrogens with one attached hydrogen (secondary N) is 2. The maximum absolute atomic E-state index is 8.76. The first-order chi connectivity index (χ1) is 16.3. The molecule has 180 valence electrons. The van der Waals surface area contributed by atoms with Crippen molar-refractivity contribution in [2.75, 3.05) is 50.5 Å². The summed E-state index contributed by atoms with van der Waals surface area (Å²) in [7, 11) is 1.55. The van der Waals surface area contributed by atoms with E-state index in [9.17, 15) is 0 Å². The minimum atomic E-state index is 0.206. The highest BCUT2D eigenvalue weighted by molar-refractivity contribution is 6.14. The van der Waals surface area contributed by atoms with Gasteiger partial charge in [0.1, 0.15) is 12.4 Å². The summed E-state index contributed by atoms with van der Waals surface area (Å²) < 4.78 is 11.5. The standard InChI is InChI=1S/C25H33N7O2/c1-15(8-26)19(16(2)27)10-34-22-6-18(20(28)7-21(22)33-3)24(29)17-4-5-23(31-9-17)32-13-25(14-32)11-30-12-25/h4-9,29-30H,10-14,26-28H2,1-3H3/b15-8-,19-16?,29-24?. The molecule has 0 bridgehead atoms. The maximum atomic E-state index is 8.76. The molecule has 2 saturated heterocycles. The molecule has 1 aromatic heterocycles. The van der Waals surface area contributed by atoms with Crippen LogP contribution in [0, 0.1) is 10.8 Å². The minimum Gasteiger partial charge on any atom is -0.493 e. The lowest BCUT2D eigenvalue weighted by molar-refractivity contribution is 0.120. The number of nitrogens with two attached hydrogens (primary N) is 3. The number of methoxy groups -OCH3 is 1. The Morgan fingerprint density at radius 2 is 1.97 bits per heavy atom. The number of anilines is 2. The Hall–Kier alpha value is -3.72. The van der Waals surface area contributed by atoms with Crippen molar-refractivity contribution in [3.8, 4) is 11.5 Å². The molecule has 0 atom stereocenters. The molecule has 2 aromatic rings. The summed E-state index contributed by atoms with van der Waals surface area (Å²) >= 11 is 0. The average molecular weight is 464 g/mol. The lowest BCUT2D eigenvalue weighted by Crippen LogP contribution is -2.71. The highest BCUT2D eigenvalue weighted by atomic mass is 16.5. The fourth-order valence-corrected chi connectivity index (χ4v) is 4.36. The Kier molecular flexibility index (Phi) is 6.39. The number of pyridine rings is 1. The van der Waals surface area contributed by atoms with E-state index in [1.807, 2.05) is 19.1 Å². The number of allylic oxidation sites excluding steroid dienone is 1. The third-order valence-corrected chi connectivity index (χ3v) is 6.59. The SMILES string of the molecule is COc1cc(N)c(C(=N)c2ccc(N3CC4(CNC4)C3)nc2)cc1OCC(=C(C)N)/C(C)=C\N. The van der Waals surface area contributed by atoms with E-state index in [-0.39, 0.29) is 12.3 Å². The van der Waals surface area contributed by atoms with E-state index in [1.54, 1.807) is 32.4 Å². The van der Waals surface area contributed by atoms with Crippen molar-refractivity contribution in [3.05, 3.63) is 64.6 Å². The van der Waals surface area contributed by atoms with Crippen LogP contribution in [-0.2, 0) is 0 Å². The molecule has 2 fully saturated rings. The Bertz CT molecular complexity index is 1140. The predicted octanol–water partition coefficient (Wildman–Crippen LogP) is 1.97. The van der Waals surface area contributed by atoms with Gasteiger partial charge < -0.3 is 36.9 Å². The molecule has 9 heteroatoms. The molecule has 0 unspecified atom stereocenters. The number of hydrogen-bond acceptors (Lipinski definition) is 9. The number of hydrogen-bond donors (Lipinski definition) is 5. The van der Waals surface area contributed by atoms with Crippen LogP contribution in [0.2, 0.25) is 0 Å². The lowest BCUT2D eigenvalue weighted by atomic mass is 9.74. The van der Waals surface area contributed by atoms with Crippen LogP contribution in [-0.4, -0.2) is 50.6 Å². The monoisotopic (exact) mass is 463 g/mol. The molecule has 2 aliphatic heterocycles. The Labute approximate surface area is 200 Å². The number of nitrogens with zero attached hydrogens (tertiary/aromatic N) is 2. The third kappa shape index (κ3) is 4.38. The first-order valence-corrected chi connectivity index (χ1v) is 11.2. The number of benzene rings is 1. The van der Waals surface area contributed by atoms with Crippen molar-refractivity contribution in [3.63, 3.8) is 0 Å². The van der Waals surface area contributed by atoms with Crippen molar-refractivity contribution in [1.29, 1.82) is 5.41 Å². The fourth-order valence-electron chi connectivity index (χ4n) is 4.36. The minimum absolute atomic E-state index is 0.206. The van der Waals surface area contributed by atoms with Crippen LogP contribution in [0.1, 0.15) is 25.0 Å². The van der Waals surface area contributed by atoms with Gasteiger partial charge in [-0.3, -0.25) is 5.41 Å². The first-order valence-electron chi connectivity index (χ1n) is 11.2. The average Bonchev–Trinajstić information content (AvgIpc) is 2.77. The summed E-state index contributed by atoms with van der Waals surface area (Å²) in [6, 6.07) is 7.26. The van der Waals surface area contributed by atoms with Gasteiger partial charge in [0.15, 0.2) is 11.5 Å². The number of rotatable bonds is 8. The summed E-state index contributed by atoms with van der Waals surface area (Å²) in [5, 5.41) is 12.1. The van der Waals surface area contributed by atoms with Crippen molar-refractivity contribution in [2.24, 2.45) is 16.9 Å². The van der Waals surface area contributed by atoms with Gasteiger partial charge in [-0.15, -0.1) is 0 Å². The van der Waals surface area contributed by atoms with Crippen LogP contribution in [0.25, 0.3) is 0 Å². The van der Waals surface area contributed by atoms with Crippen molar-refractivity contribution in [2.45, 2.75) is 13.8 Å². The normalized spacial score (nSPS) is 17.5. The summed E-state index contributed by atoms with van der Waals surface area (Å²) in [6.45, 7) is 8.08. The quantitative estimate of drug-likeness (QED) is 0.227. The second kappa shape index (κ2) is 9.26. The van der Waals surface area contributed by atoms with E-state index in [2.05, 4.69) is 15.2 Å². The molecule has 3 heterocycles. The highest BCUT2D eigenvalue weighted by Crippen LogP contribution is 2.37. The summed E-state index contributed by atoms with van der Waals surface area (Å²) in [5.41, 5.74) is 22.5. The van der Waals surface area contributed by atoms with E-state index < -0.39 is 0 Å². The molecular weight excluding hydrogens is 430 g/mol. The number of ether oxygens (including phenoxy) is 2. The van der Waals surface area contributed by atoms with E-state index in [0.29, 0.717) is 39.4 Å². The molecule has 0 radical (unpaired) electrons. The Morgan fingerprint density at radius 1 is 1.24 bits per heavy atom. The Balaban J connectivity index is 1.53. The van der Waals surface area contributed by atoms with Gasteiger partial charge in [0.2, 0.25) is 0 Å². The van der Waals surface area contributed by atoms with Crippen LogP contribution in [0.4, 0.5) is 11.5 Å². The zero-order chi connectivity index (χ0) is 24.5. The van der Waals surface area contributed by atoms with E-state index in [1.165, 1.54) is 6.20 Å². The third-order valence-electron chi connectivity index (χ3n) is 6.59. The molecule has 2 aliphatic rings. The van der Waals surface area contributed by atoms with E-state index in [0.717, 1.165) is 43.1 Å². The van der Waals surface area contributed by atoms with Crippen molar-refractivity contribution < 1.29 is 9.47 Å². The fraction of sp³-hybridized carbons (Fsp3) is 0.360. The molecule has 0 aliphatic carbocycles. The summed E-state index contributed by atoms with van der Waals surface area (Å²) in [4.78, 5) is 6.86. The topological polar surface area (TPSA) is 149 Å². The van der Waals surface area contributed by atoms with Gasteiger partial charge in [0.05, 0.1) is 12.8 Å². The molecule has 8 N–H and O–H groups in total. The van der Waals surface area contributed by atoms with Gasteiger partial charge >= 0.3 is 0 Å². The smallest absolute Gasteiger partial charge is 0.162 e. The van der Waals surface area contributed by atoms with Gasteiger partial charge in [0, 0.05) is 71.9 Å². The molecule has 4 rings (SSSR count). The van der Waals surface area contributed by atoms with Crippen LogP contribution in [0.15, 0.2) is 53.5 Å². The van der Waals surface area contributed by atoms with Crippen LogP contribution in [0.5, 0.6) is 11.5 Å². The molecule has 9 nitrogen and oxygen atoms in total. The van der Waals surface area contributed by atoms with Gasteiger partial charge in [0.25, 0.3) is 0 Å². The highest BCUT2D eigenvalue weighted by Gasteiger charge is 2.47. The summed E-state index contributed by atoms with van der Waals surface area (Å²) in [6.07, 6.45) is 3.22. The number of aromatic nitrogens is 1. The van der Waals surface area contributed by atoms with Gasteiger partial charge in [-0.25, -0.2) is 4.98 Å². The predicted molar refractivity (Wildman–Crippen MR) is 135 cm³/mol. The van der Waals surface area contributed by atoms with E-state index in [4.69, 9.17) is 32.1 Å². The van der Waals surface area contributed by atoms with Crippen LogP contribution >= 0.6 is 0 Å². The number of nitrogen functional groups attached to an aromatic ring is 1. The van der Waals surface area contributed by atoms with Gasteiger partial charge in [-0.2, -0.15) is 0 Å². The zero-order valence-corrected chi connectivity index (χ0v) is 19.9. The second-order valence-electron chi connectivity index (χ2n) is 9.13. The second-order valence-corrected chi connectivity index (χ2v) is 9.13. The maximum Gasteiger partial charge on any atom is 0.162 e. The van der Waals surface area contributed by atoms with Crippen LogP contribution in [0.3, 0.4) is 0 Å². The first kappa shape index (κ1) is 23.4.